The highest BCUT2D eigenvalue weighted by molar-refractivity contribution is 6.30. The molecule has 2 aromatic carbocycles. The molecule has 1 heterocycles. The average molecular weight is 343 g/mol. The summed E-state index contributed by atoms with van der Waals surface area (Å²) >= 11 is 5.97. The predicted octanol–water partition coefficient (Wildman–Crippen LogP) is 4.22. The zero-order valence-corrected chi connectivity index (χ0v) is 13.9. The maximum atomic E-state index is 12.6. The van der Waals surface area contributed by atoms with Crippen LogP contribution in [0.4, 0.5) is 11.4 Å². The third-order valence-corrected chi connectivity index (χ3v) is 3.75. The maximum absolute atomic E-state index is 12.6. The van der Waals surface area contributed by atoms with Gasteiger partial charge in [0, 0.05) is 5.02 Å². The molecule has 0 aromatic heterocycles. The molecule has 0 N–H and O–H groups in total. The first kappa shape index (κ1) is 16.1. The Morgan fingerprint density at radius 3 is 2.67 bits per heavy atom. The molecule has 1 amide bonds. The van der Waals surface area contributed by atoms with Gasteiger partial charge in [0.15, 0.2) is 6.04 Å². The Morgan fingerprint density at radius 2 is 1.96 bits per heavy atom. The summed E-state index contributed by atoms with van der Waals surface area (Å²) < 4.78 is 5.22. The summed E-state index contributed by atoms with van der Waals surface area (Å²) in [6.45, 7) is 1.75. The van der Waals surface area contributed by atoms with E-state index in [1.54, 1.807) is 25.1 Å². The fourth-order valence-corrected chi connectivity index (χ4v) is 2.47. The van der Waals surface area contributed by atoms with E-state index in [2.05, 4.69) is 15.3 Å². The van der Waals surface area contributed by atoms with Crippen molar-refractivity contribution in [1.29, 1.82) is 0 Å². The van der Waals surface area contributed by atoms with E-state index in [0.29, 0.717) is 27.9 Å². The normalized spacial score (nSPS) is 17.5. The number of benzene rings is 2. The van der Waals surface area contributed by atoms with Gasteiger partial charge in [-0.2, -0.15) is 20.3 Å². The molecule has 2 aromatic rings. The standard InChI is InChI=1S/C17H15ClN4O2/c1-11-16(17(23)22(21-11)13-6-4-3-5-7-13)20-19-14-10-12(18)8-9-15(14)24-2/h3-10,16H,1-2H3. The number of amides is 1. The van der Waals surface area contributed by atoms with Crippen molar-refractivity contribution in [3.63, 3.8) is 0 Å². The van der Waals surface area contributed by atoms with Gasteiger partial charge in [-0.3, -0.25) is 4.79 Å². The van der Waals surface area contributed by atoms with Gasteiger partial charge in [-0.05, 0) is 37.3 Å². The number of azo groups is 1. The highest BCUT2D eigenvalue weighted by Gasteiger charge is 2.34. The zero-order valence-electron chi connectivity index (χ0n) is 13.2. The molecule has 6 nitrogen and oxygen atoms in total. The van der Waals surface area contributed by atoms with Crippen LogP contribution >= 0.6 is 11.6 Å². The molecule has 3 rings (SSSR count). The number of carbonyl (C=O) groups is 1. The van der Waals surface area contributed by atoms with Gasteiger partial charge in [-0.1, -0.05) is 29.8 Å². The largest absolute Gasteiger partial charge is 0.494 e. The van der Waals surface area contributed by atoms with Crippen LogP contribution in [0.5, 0.6) is 5.75 Å². The van der Waals surface area contributed by atoms with Gasteiger partial charge in [-0.25, -0.2) is 0 Å². The summed E-state index contributed by atoms with van der Waals surface area (Å²) in [5, 5.41) is 14.4. The number of methoxy groups -OCH3 is 1. The fraction of sp³-hybridized carbons (Fsp3) is 0.176. The molecule has 0 aliphatic carbocycles. The lowest BCUT2D eigenvalue weighted by molar-refractivity contribution is -0.117. The minimum absolute atomic E-state index is 0.247. The highest BCUT2D eigenvalue weighted by atomic mass is 35.5. The van der Waals surface area contributed by atoms with Gasteiger partial charge in [0.05, 0.1) is 18.5 Å². The lowest BCUT2D eigenvalue weighted by Crippen LogP contribution is -2.29. The number of ether oxygens (including phenoxy) is 1. The van der Waals surface area contributed by atoms with Crippen molar-refractivity contribution in [3.8, 4) is 5.75 Å². The third-order valence-electron chi connectivity index (χ3n) is 3.52. The summed E-state index contributed by atoms with van der Waals surface area (Å²) in [7, 11) is 1.53. The van der Waals surface area contributed by atoms with E-state index in [9.17, 15) is 4.79 Å². The van der Waals surface area contributed by atoms with Crippen LogP contribution in [-0.4, -0.2) is 24.8 Å². The van der Waals surface area contributed by atoms with E-state index < -0.39 is 6.04 Å². The van der Waals surface area contributed by atoms with Crippen molar-refractivity contribution in [2.45, 2.75) is 13.0 Å². The molecule has 0 saturated heterocycles. The summed E-state index contributed by atoms with van der Waals surface area (Å²) in [6.07, 6.45) is 0. The predicted molar refractivity (Wildman–Crippen MR) is 93.3 cm³/mol. The van der Waals surface area contributed by atoms with Crippen molar-refractivity contribution in [2.75, 3.05) is 12.1 Å². The summed E-state index contributed by atoms with van der Waals surface area (Å²) in [5.74, 6) is 0.284. The molecule has 122 valence electrons. The van der Waals surface area contributed by atoms with Crippen LogP contribution in [0.15, 0.2) is 63.9 Å². The average Bonchev–Trinajstić information content (AvgIpc) is 2.88. The molecular formula is C17H15ClN4O2. The Bertz CT molecular complexity index is 821. The Labute approximate surface area is 144 Å². The topological polar surface area (TPSA) is 66.6 Å². The lowest BCUT2D eigenvalue weighted by Gasteiger charge is -2.12. The Hall–Kier alpha value is -2.73. The number of para-hydroxylation sites is 1. The number of rotatable bonds is 4. The molecule has 1 atom stereocenters. The van der Waals surface area contributed by atoms with Crippen LogP contribution in [0.3, 0.4) is 0 Å². The highest BCUT2D eigenvalue weighted by Crippen LogP contribution is 2.31. The van der Waals surface area contributed by atoms with Gasteiger partial charge < -0.3 is 4.74 Å². The number of hydrogen-bond donors (Lipinski definition) is 0. The summed E-state index contributed by atoms with van der Waals surface area (Å²) in [5.41, 5.74) is 1.73. The first-order valence-electron chi connectivity index (χ1n) is 7.28. The van der Waals surface area contributed by atoms with Crippen molar-refractivity contribution in [2.24, 2.45) is 15.3 Å². The van der Waals surface area contributed by atoms with Crippen LogP contribution < -0.4 is 9.75 Å². The monoisotopic (exact) mass is 342 g/mol. The van der Waals surface area contributed by atoms with Crippen molar-refractivity contribution in [3.05, 3.63) is 53.6 Å². The Morgan fingerprint density at radius 1 is 1.21 bits per heavy atom. The number of hydrogen-bond acceptors (Lipinski definition) is 5. The first-order chi connectivity index (χ1) is 11.6. The van der Waals surface area contributed by atoms with Crippen LogP contribution in [0.2, 0.25) is 5.02 Å². The van der Waals surface area contributed by atoms with Crippen molar-refractivity contribution < 1.29 is 9.53 Å². The van der Waals surface area contributed by atoms with Gasteiger partial charge in [0.1, 0.15) is 11.4 Å². The molecule has 24 heavy (non-hydrogen) atoms. The fourth-order valence-electron chi connectivity index (χ4n) is 2.30. The van der Waals surface area contributed by atoms with Crippen LogP contribution in [0.1, 0.15) is 6.92 Å². The molecule has 0 bridgehead atoms. The number of carbonyl (C=O) groups excluding carboxylic acids is 1. The Balaban J connectivity index is 1.85. The molecule has 0 spiro atoms. The van der Waals surface area contributed by atoms with Crippen molar-refractivity contribution >= 4 is 34.6 Å². The summed E-state index contributed by atoms with van der Waals surface area (Å²) in [4.78, 5) is 12.6. The molecule has 1 aliphatic heterocycles. The van der Waals surface area contributed by atoms with Gasteiger partial charge in [0.2, 0.25) is 0 Å². The lowest BCUT2D eigenvalue weighted by atomic mass is 10.2. The number of anilines is 1. The van der Waals surface area contributed by atoms with E-state index in [0.717, 1.165) is 0 Å². The van der Waals surface area contributed by atoms with Gasteiger partial charge >= 0.3 is 0 Å². The van der Waals surface area contributed by atoms with E-state index in [1.165, 1.54) is 12.1 Å². The molecule has 0 radical (unpaired) electrons. The number of halogens is 1. The summed E-state index contributed by atoms with van der Waals surface area (Å²) in [6, 6.07) is 13.5. The number of nitrogens with zero attached hydrogens (tertiary/aromatic N) is 4. The smallest absolute Gasteiger partial charge is 0.280 e. The molecule has 1 aliphatic rings. The van der Waals surface area contributed by atoms with Crippen LogP contribution in [0, 0.1) is 0 Å². The molecule has 0 saturated carbocycles. The van der Waals surface area contributed by atoms with Crippen molar-refractivity contribution in [1.82, 2.24) is 0 Å². The zero-order chi connectivity index (χ0) is 17.1. The Kier molecular flexibility index (Phi) is 4.57. The third kappa shape index (κ3) is 3.14. The van der Waals surface area contributed by atoms with E-state index in [-0.39, 0.29) is 5.91 Å². The maximum Gasteiger partial charge on any atom is 0.280 e. The quantitative estimate of drug-likeness (QED) is 0.780. The molecule has 7 heteroatoms. The second-order valence-corrected chi connectivity index (χ2v) is 5.60. The van der Waals surface area contributed by atoms with E-state index >= 15 is 0 Å². The second kappa shape index (κ2) is 6.80. The number of hydrazone groups is 1. The molecule has 0 fully saturated rings. The van der Waals surface area contributed by atoms with Gasteiger partial charge in [-0.15, -0.1) is 0 Å². The first-order valence-corrected chi connectivity index (χ1v) is 7.66. The SMILES string of the molecule is COc1ccc(Cl)cc1N=NC1C(=O)N(c2ccccc2)N=C1C. The van der Waals surface area contributed by atoms with Crippen LogP contribution in [0.25, 0.3) is 0 Å². The van der Waals surface area contributed by atoms with E-state index in [4.69, 9.17) is 16.3 Å². The molecule has 1 unspecified atom stereocenters. The van der Waals surface area contributed by atoms with Crippen LogP contribution in [-0.2, 0) is 4.79 Å². The van der Waals surface area contributed by atoms with Gasteiger partial charge in [0.25, 0.3) is 5.91 Å². The minimum atomic E-state index is -0.756. The second-order valence-electron chi connectivity index (χ2n) is 5.16. The molecular weight excluding hydrogens is 328 g/mol. The van der Waals surface area contributed by atoms with E-state index in [1.807, 2.05) is 30.3 Å². The minimum Gasteiger partial charge on any atom is -0.494 e.